The van der Waals surface area contributed by atoms with Crippen LogP contribution in [0.5, 0.6) is 0 Å². The van der Waals surface area contributed by atoms with Gasteiger partial charge in [0.05, 0.1) is 0 Å². The molecule has 56 heavy (non-hydrogen) atoms. The number of rotatable bonds is 6. The molecule has 11 aromatic rings. The quantitative estimate of drug-likeness (QED) is 0.170. The maximum absolute atomic E-state index is 6.34. The van der Waals surface area contributed by atoms with Gasteiger partial charge in [-0.25, -0.2) is 19.9 Å². The van der Waals surface area contributed by atoms with Gasteiger partial charge in [-0.2, -0.15) is 0 Å². The molecule has 0 bridgehead atoms. The zero-order valence-electron chi connectivity index (χ0n) is 29.9. The highest BCUT2D eigenvalue weighted by Gasteiger charge is 2.19. The van der Waals surface area contributed by atoms with Crippen LogP contribution in [-0.4, -0.2) is 19.9 Å². The van der Waals surface area contributed by atoms with Gasteiger partial charge >= 0.3 is 0 Å². The highest BCUT2D eigenvalue weighted by atomic mass is 32.1. The summed E-state index contributed by atoms with van der Waals surface area (Å²) in [4.78, 5) is 20.6. The summed E-state index contributed by atoms with van der Waals surface area (Å²) in [6.07, 6.45) is 0. The molecule has 0 N–H and O–H groups in total. The van der Waals surface area contributed by atoms with Crippen molar-refractivity contribution >= 4 is 53.4 Å². The van der Waals surface area contributed by atoms with Crippen LogP contribution in [0.4, 0.5) is 0 Å². The number of thiophene rings is 1. The average Bonchev–Trinajstić information content (AvgIpc) is 3.89. The molecule has 0 aliphatic rings. The fourth-order valence-corrected chi connectivity index (χ4v) is 8.73. The first-order chi connectivity index (χ1) is 27.7. The molecule has 0 aliphatic heterocycles. The fourth-order valence-electron chi connectivity index (χ4n) is 7.61. The highest BCUT2D eigenvalue weighted by Crippen LogP contribution is 2.43. The molecule has 0 spiro atoms. The second-order valence-corrected chi connectivity index (χ2v) is 14.9. The lowest BCUT2D eigenvalue weighted by Crippen LogP contribution is -2.00. The van der Waals surface area contributed by atoms with Crippen molar-refractivity contribution in [2.75, 3.05) is 0 Å². The Morgan fingerprint density at radius 2 is 0.839 bits per heavy atom. The van der Waals surface area contributed by atoms with Gasteiger partial charge < -0.3 is 4.42 Å². The van der Waals surface area contributed by atoms with Gasteiger partial charge in [0.2, 0.25) is 5.89 Å². The lowest BCUT2D eigenvalue weighted by atomic mass is 10.00. The van der Waals surface area contributed by atoms with E-state index in [1.807, 2.05) is 48.5 Å². The van der Waals surface area contributed by atoms with Gasteiger partial charge in [0, 0.05) is 42.4 Å². The molecule has 0 atom stereocenters. The van der Waals surface area contributed by atoms with Gasteiger partial charge in [-0.05, 0) is 81.6 Å². The molecule has 3 heterocycles. The summed E-state index contributed by atoms with van der Waals surface area (Å²) in [6.45, 7) is 0. The van der Waals surface area contributed by atoms with Gasteiger partial charge in [0.1, 0.15) is 5.52 Å². The molecule has 262 valence electrons. The first-order valence-electron chi connectivity index (χ1n) is 18.5. The summed E-state index contributed by atoms with van der Waals surface area (Å²) in [7, 11) is 0. The summed E-state index contributed by atoms with van der Waals surface area (Å²) in [6, 6.07) is 62.8. The van der Waals surface area contributed by atoms with Gasteiger partial charge in [0.15, 0.2) is 23.1 Å². The third-order valence-electron chi connectivity index (χ3n) is 10.3. The number of hydrogen-bond acceptors (Lipinski definition) is 6. The first-order valence-corrected chi connectivity index (χ1v) is 19.4. The number of oxazole rings is 1. The van der Waals surface area contributed by atoms with Crippen molar-refractivity contribution in [2.45, 2.75) is 0 Å². The van der Waals surface area contributed by atoms with Crippen molar-refractivity contribution in [1.29, 1.82) is 0 Å². The molecule has 0 saturated heterocycles. The topological polar surface area (TPSA) is 64.7 Å². The number of benzene rings is 8. The Morgan fingerprint density at radius 1 is 0.357 bits per heavy atom. The van der Waals surface area contributed by atoms with E-state index in [0.29, 0.717) is 23.4 Å². The van der Waals surface area contributed by atoms with Crippen LogP contribution in [0.15, 0.2) is 186 Å². The monoisotopic (exact) mass is 734 g/mol. The van der Waals surface area contributed by atoms with Crippen molar-refractivity contribution < 1.29 is 4.42 Å². The van der Waals surface area contributed by atoms with Crippen LogP contribution in [0.1, 0.15) is 0 Å². The Kier molecular flexibility index (Phi) is 7.60. The van der Waals surface area contributed by atoms with Crippen LogP contribution in [0.25, 0.3) is 110 Å². The van der Waals surface area contributed by atoms with Crippen LogP contribution in [-0.2, 0) is 0 Å². The van der Waals surface area contributed by atoms with Crippen LogP contribution in [0.3, 0.4) is 0 Å². The van der Waals surface area contributed by atoms with E-state index in [1.54, 1.807) is 11.3 Å². The van der Waals surface area contributed by atoms with E-state index in [4.69, 9.17) is 24.4 Å². The summed E-state index contributed by atoms with van der Waals surface area (Å²) < 4.78 is 8.69. The maximum Gasteiger partial charge on any atom is 0.227 e. The molecule has 0 aliphatic carbocycles. The van der Waals surface area contributed by atoms with E-state index in [2.05, 4.69) is 133 Å². The van der Waals surface area contributed by atoms with Crippen LogP contribution >= 0.6 is 11.3 Å². The predicted molar refractivity (Wildman–Crippen MR) is 230 cm³/mol. The van der Waals surface area contributed by atoms with Crippen molar-refractivity contribution in [3.63, 3.8) is 0 Å². The number of hydrogen-bond donors (Lipinski definition) is 0. The largest absolute Gasteiger partial charge is 0.436 e. The maximum atomic E-state index is 6.34. The smallest absolute Gasteiger partial charge is 0.227 e. The van der Waals surface area contributed by atoms with Crippen LogP contribution in [0.2, 0.25) is 0 Å². The summed E-state index contributed by atoms with van der Waals surface area (Å²) in [5, 5.41) is 4.50. The fraction of sp³-hybridized carbons (Fsp3) is 0. The zero-order chi connectivity index (χ0) is 37.0. The molecular weight excluding hydrogens is 705 g/mol. The molecule has 0 radical (unpaired) electrons. The molecule has 6 heteroatoms. The third kappa shape index (κ3) is 5.63. The zero-order valence-corrected chi connectivity index (χ0v) is 30.7. The molecule has 0 amide bonds. The molecule has 0 saturated carbocycles. The summed E-state index contributed by atoms with van der Waals surface area (Å²) in [5.41, 5.74) is 9.82. The van der Waals surface area contributed by atoms with Crippen molar-refractivity contribution in [2.24, 2.45) is 0 Å². The van der Waals surface area contributed by atoms with E-state index in [9.17, 15) is 0 Å². The van der Waals surface area contributed by atoms with E-state index >= 15 is 0 Å². The molecule has 8 aromatic carbocycles. The van der Waals surface area contributed by atoms with Crippen molar-refractivity contribution in [1.82, 2.24) is 19.9 Å². The van der Waals surface area contributed by atoms with E-state index in [1.165, 1.54) is 9.40 Å². The van der Waals surface area contributed by atoms with Gasteiger partial charge in [0.25, 0.3) is 0 Å². The molecular formula is C50H30N4OS. The molecule has 0 unspecified atom stereocenters. The number of nitrogens with zero attached hydrogens (tertiary/aromatic N) is 4. The minimum atomic E-state index is 0.608. The van der Waals surface area contributed by atoms with Gasteiger partial charge in [-0.15, -0.1) is 11.3 Å². The van der Waals surface area contributed by atoms with E-state index < -0.39 is 0 Å². The summed E-state index contributed by atoms with van der Waals surface area (Å²) >= 11 is 1.77. The Bertz CT molecular complexity index is 3150. The molecule has 3 aromatic heterocycles. The molecule has 0 fully saturated rings. The van der Waals surface area contributed by atoms with Crippen LogP contribution in [0, 0.1) is 0 Å². The van der Waals surface area contributed by atoms with E-state index in [0.717, 1.165) is 77.2 Å². The Morgan fingerprint density at radius 3 is 1.45 bits per heavy atom. The Labute approximate surface area is 326 Å². The van der Waals surface area contributed by atoms with Crippen molar-refractivity contribution in [3.05, 3.63) is 182 Å². The number of fused-ring (bicyclic) bond motifs is 7. The second kappa shape index (κ2) is 13.2. The van der Waals surface area contributed by atoms with Gasteiger partial charge in [-0.3, -0.25) is 0 Å². The highest BCUT2D eigenvalue weighted by molar-refractivity contribution is 7.26. The standard InChI is InChI=1S/C50H30N4OS/c1-4-12-31(13-5-1)35-18-10-20-37(28-35)47-52-48(38-21-11-19-36(29-38)32-14-6-2-7-15-32)54-49(53-47)39-23-22-33-24-26-42-44(40(33)30-39)45-43(56-42)27-25-41-46(45)51-50(55-41)34-16-8-3-9-17-34/h1-30H. The minimum absolute atomic E-state index is 0.608. The minimum Gasteiger partial charge on any atom is -0.436 e. The SMILES string of the molecule is c1ccc(-c2cccc(-c3nc(-c4cccc(-c5ccccc5)c4)nc(-c4ccc5ccc6sc7ccc8oc(-c9ccccc9)nc8c7c6c5c4)n3)c2)cc1. The average molecular weight is 735 g/mol. The molecule has 5 nitrogen and oxygen atoms in total. The normalized spacial score (nSPS) is 11.6. The number of aromatic nitrogens is 4. The van der Waals surface area contributed by atoms with Crippen LogP contribution < -0.4 is 0 Å². The van der Waals surface area contributed by atoms with Crippen molar-refractivity contribution in [3.8, 4) is 67.9 Å². The summed E-state index contributed by atoms with van der Waals surface area (Å²) in [5.74, 6) is 2.46. The lowest BCUT2D eigenvalue weighted by Gasteiger charge is -2.11. The first kappa shape index (κ1) is 32.2. The van der Waals surface area contributed by atoms with E-state index in [-0.39, 0.29) is 0 Å². The Hall–Kier alpha value is -7.28. The Balaban J connectivity index is 1.12. The lowest BCUT2D eigenvalue weighted by molar-refractivity contribution is 0.620. The van der Waals surface area contributed by atoms with Gasteiger partial charge in [-0.1, -0.05) is 133 Å². The second-order valence-electron chi connectivity index (χ2n) is 13.8. The third-order valence-corrected chi connectivity index (χ3v) is 11.5. The predicted octanol–water partition coefficient (Wildman–Crippen LogP) is 13.5. The molecule has 11 rings (SSSR count).